The molecule has 0 saturated heterocycles. The van der Waals surface area contributed by atoms with Gasteiger partial charge in [-0.15, -0.1) is 0 Å². The average Bonchev–Trinajstić information content (AvgIpc) is 2.69. The minimum Gasteiger partial charge on any atom is -0.377 e. The van der Waals surface area contributed by atoms with Crippen LogP contribution in [0.4, 0.5) is 5.69 Å². The van der Waals surface area contributed by atoms with E-state index in [-0.39, 0.29) is 0 Å². The standard InChI is InChI=1S/C21H34N4O/c1-3-22-21(24-15-11-19-12-17-26-18-13-19)23-14-8-16-25(4-2)20-9-6-5-7-10-20/h5-7,9-10,12H,3-4,8,11,13-18H2,1-2H3,(H2,22,23,24). The smallest absolute Gasteiger partial charge is 0.191 e. The summed E-state index contributed by atoms with van der Waals surface area (Å²) in [5.41, 5.74) is 2.77. The number of hydrogen-bond donors (Lipinski definition) is 2. The van der Waals surface area contributed by atoms with E-state index in [9.17, 15) is 0 Å². The lowest BCUT2D eigenvalue weighted by atomic mass is 10.1. The lowest BCUT2D eigenvalue weighted by Gasteiger charge is -2.22. The zero-order valence-corrected chi connectivity index (χ0v) is 16.3. The Labute approximate surface area is 158 Å². The van der Waals surface area contributed by atoms with Crippen molar-refractivity contribution in [3.05, 3.63) is 42.0 Å². The summed E-state index contributed by atoms with van der Waals surface area (Å²) in [6.45, 7) is 10.6. The van der Waals surface area contributed by atoms with Crippen LogP contribution in [0.2, 0.25) is 0 Å². The summed E-state index contributed by atoms with van der Waals surface area (Å²) in [5.74, 6) is 0.919. The lowest BCUT2D eigenvalue weighted by Crippen LogP contribution is -2.38. The average molecular weight is 359 g/mol. The first-order valence-corrected chi connectivity index (χ1v) is 9.91. The Morgan fingerprint density at radius 1 is 1.19 bits per heavy atom. The van der Waals surface area contributed by atoms with Crippen LogP contribution in [0.1, 0.15) is 33.1 Å². The maximum atomic E-state index is 5.35. The number of rotatable bonds is 10. The number of nitrogens with one attached hydrogen (secondary N) is 2. The molecule has 1 aliphatic rings. The first kappa shape index (κ1) is 20.3. The van der Waals surface area contributed by atoms with E-state index in [4.69, 9.17) is 9.73 Å². The molecule has 0 atom stereocenters. The molecule has 0 spiro atoms. The Morgan fingerprint density at radius 3 is 2.73 bits per heavy atom. The van der Waals surface area contributed by atoms with Gasteiger partial charge in [-0.1, -0.05) is 29.8 Å². The van der Waals surface area contributed by atoms with E-state index in [1.807, 2.05) is 0 Å². The highest BCUT2D eigenvalue weighted by atomic mass is 16.5. The third kappa shape index (κ3) is 7.48. The van der Waals surface area contributed by atoms with Crippen LogP contribution in [-0.2, 0) is 4.74 Å². The molecule has 1 aromatic carbocycles. The maximum Gasteiger partial charge on any atom is 0.191 e. The van der Waals surface area contributed by atoms with E-state index in [0.717, 1.165) is 71.2 Å². The number of para-hydroxylation sites is 1. The fraction of sp³-hybridized carbons (Fsp3) is 0.571. The minimum atomic E-state index is 0.763. The van der Waals surface area contributed by atoms with Crippen LogP contribution in [-0.4, -0.2) is 51.9 Å². The first-order valence-electron chi connectivity index (χ1n) is 9.91. The van der Waals surface area contributed by atoms with Gasteiger partial charge in [0.2, 0.25) is 0 Å². The Balaban J connectivity index is 1.72. The van der Waals surface area contributed by atoms with Gasteiger partial charge in [-0.05, 0) is 45.2 Å². The highest BCUT2D eigenvalue weighted by molar-refractivity contribution is 5.79. The lowest BCUT2D eigenvalue weighted by molar-refractivity contribution is 0.153. The topological polar surface area (TPSA) is 48.9 Å². The molecule has 1 aromatic rings. The highest BCUT2D eigenvalue weighted by Gasteiger charge is 2.05. The van der Waals surface area contributed by atoms with Crippen molar-refractivity contribution < 1.29 is 4.74 Å². The molecule has 5 heteroatoms. The second-order valence-electron chi connectivity index (χ2n) is 6.39. The Morgan fingerprint density at radius 2 is 2.04 bits per heavy atom. The minimum absolute atomic E-state index is 0.763. The van der Waals surface area contributed by atoms with Gasteiger partial charge < -0.3 is 20.3 Å². The maximum absolute atomic E-state index is 5.35. The van der Waals surface area contributed by atoms with Crippen LogP contribution in [0.15, 0.2) is 47.0 Å². The van der Waals surface area contributed by atoms with E-state index in [0.29, 0.717) is 0 Å². The van der Waals surface area contributed by atoms with Crippen LogP contribution >= 0.6 is 0 Å². The van der Waals surface area contributed by atoms with Crippen LogP contribution in [0, 0.1) is 0 Å². The molecule has 1 aliphatic heterocycles. The molecule has 0 saturated carbocycles. The molecule has 0 radical (unpaired) electrons. The van der Waals surface area contributed by atoms with E-state index >= 15 is 0 Å². The van der Waals surface area contributed by atoms with Gasteiger partial charge in [0.15, 0.2) is 5.96 Å². The fourth-order valence-corrected chi connectivity index (χ4v) is 3.04. The second-order valence-corrected chi connectivity index (χ2v) is 6.39. The molecular weight excluding hydrogens is 324 g/mol. The monoisotopic (exact) mass is 358 g/mol. The molecule has 0 aliphatic carbocycles. The third-order valence-electron chi connectivity index (χ3n) is 4.50. The molecule has 0 fully saturated rings. The van der Waals surface area contributed by atoms with Gasteiger partial charge in [0.1, 0.15) is 0 Å². The third-order valence-corrected chi connectivity index (χ3v) is 4.50. The van der Waals surface area contributed by atoms with Crippen molar-refractivity contribution in [3.63, 3.8) is 0 Å². The normalized spacial score (nSPS) is 14.7. The van der Waals surface area contributed by atoms with Crippen LogP contribution < -0.4 is 15.5 Å². The molecule has 0 amide bonds. The van der Waals surface area contributed by atoms with Gasteiger partial charge in [0, 0.05) is 38.4 Å². The molecule has 0 bridgehead atoms. The number of guanidine groups is 1. The molecule has 144 valence electrons. The van der Waals surface area contributed by atoms with Gasteiger partial charge in [-0.3, -0.25) is 4.99 Å². The van der Waals surface area contributed by atoms with Gasteiger partial charge in [0.05, 0.1) is 13.2 Å². The number of hydrogen-bond acceptors (Lipinski definition) is 3. The van der Waals surface area contributed by atoms with Crippen molar-refractivity contribution in [1.82, 2.24) is 10.6 Å². The zero-order valence-electron chi connectivity index (χ0n) is 16.3. The number of benzene rings is 1. The van der Waals surface area contributed by atoms with Crippen molar-refractivity contribution in [3.8, 4) is 0 Å². The van der Waals surface area contributed by atoms with Crippen molar-refractivity contribution >= 4 is 11.6 Å². The molecule has 26 heavy (non-hydrogen) atoms. The summed E-state index contributed by atoms with van der Waals surface area (Å²) in [4.78, 5) is 7.12. The summed E-state index contributed by atoms with van der Waals surface area (Å²) in [5, 5.41) is 6.78. The summed E-state index contributed by atoms with van der Waals surface area (Å²) >= 11 is 0. The van der Waals surface area contributed by atoms with Crippen molar-refractivity contribution in [1.29, 1.82) is 0 Å². The number of ether oxygens (including phenoxy) is 1. The van der Waals surface area contributed by atoms with Crippen LogP contribution in [0.5, 0.6) is 0 Å². The predicted octanol–water partition coefficient (Wildman–Crippen LogP) is 3.19. The number of anilines is 1. The van der Waals surface area contributed by atoms with Crippen LogP contribution in [0.25, 0.3) is 0 Å². The van der Waals surface area contributed by atoms with E-state index in [1.165, 1.54) is 11.3 Å². The van der Waals surface area contributed by atoms with E-state index in [1.54, 1.807) is 0 Å². The summed E-state index contributed by atoms with van der Waals surface area (Å²) in [6.07, 6.45) is 5.37. The molecular formula is C21H34N4O. The highest BCUT2D eigenvalue weighted by Crippen LogP contribution is 2.13. The first-order chi connectivity index (χ1) is 12.8. The Hall–Kier alpha value is -2.01. The van der Waals surface area contributed by atoms with Crippen LogP contribution in [0.3, 0.4) is 0 Å². The Bertz CT molecular complexity index is 556. The predicted molar refractivity (Wildman–Crippen MR) is 111 cm³/mol. The largest absolute Gasteiger partial charge is 0.377 e. The van der Waals surface area contributed by atoms with Crippen molar-refractivity contribution in [2.24, 2.45) is 4.99 Å². The summed E-state index contributed by atoms with van der Waals surface area (Å²) in [6, 6.07) is 10.6. The van der Waals surface area contributed by atoms with Gasteiger partial charge in [-0.2, -0.15) is 0 Å². The SMILES string of the molecule is CCNC(=NCCCN(CC)c1ccccc1)NCCC1=CCOCC1. The molecule has 5 nitrogen and oxygen atoms in total. The number of aliphatic imine (C=N–C) groups is 1. The van der Waals surface area contributed by atoms with Crippen molar-refractivity contribution in [2.45, 2.75) is 33.1 Å². The molecule has 0 unspecified atom stereocenters. The number of nitrogens with zero attached hydrogens (tertiary/aromatic N) is 2. The molecule has 0 aromatic heterocycles. The fourth-order valence-electron chi connectivity index (χ4n) is 3.04. The molecule has 1 heterocycles. The van der Waals surface area contributed by atoms with Gasteiger partial charge >= 0.3 is 0 Å². The molecule has 2 N–H and O–H groups in total. The summed E-state index contributed by atoms with van der Waals surface area (Å²) < 4.78 is 5.35. The van der Waals surface area contributed by atoms with E-state index < -0.39 is 0 Å². The zero-order chi connectivity index (χ0) is 18.5. The van der Waals surface area contributed by atoms with Gasteiger partial charge in [-0.25, -0.2) is 0 Å². The molecule has 2 rings (SSSR count). The second kappa shape index (κ2) is 12.4. The van der Waals surface area contributed by atoms with Gasteiger partial charge in [0.25, 0.3) is 0 Å². The Kier molecular flexibility index (Phi) is 9.65. The van der Waals surface area contributed by atoms with E-state index in [2.05, 4.69) is 65.8 Å². The summed E-state index contributed by atoms with van der Waals surface area (Å²) in [7, 11) is 0. The van der Waals surface area contributed by atoms with Crippen molar-refractivity contribution in [2.75, 3.05) is 50.8 Å². The quantitative estimate of drug-likeness (QED) is 0.292.